The average Bonchev–Trinajstić information content (AvgIpc) is 2.71. The van der Waals surface area contributed by atoms with Crippen molar-refractivity contribution in [3.8, 4) is 0 Å². The summed E-state index contributed by atoms with van der Waals surface area (Å²) in [7, 11) is 1.23. The van der Waals surface area contributed by atoms with Crippen LogP contribution < -0.4 is 0 Å². The number of halogens is 1. The van der Waals surface area contributed by atoms with Crippen LogP contribution in [-0.2, 0) is 11.3 Å². The molecule has 0 aliphatic carbocycles. The van der Waals surface area contributed by atoms with E-state index < -0.39 is 11.8 Å². The zero-order valence-corrected chi connectivity index (χ0v) is 12.3. The summed E-state index contributed by atoms with van der Waals surface area (Å²) in [6.07, 6.45) is 4.36. The van der Waals surface area contributed by atoms with Crippen LogP contribution in [0.3, 0.4) is 0 Å². The third-order valence-corrected chi connectivity index (χ3v) is 4.03. The minimum absolute atomic E-state index is 0.0455. The molecule has 0 bridgehead atoms. The molecule has 116 valence electrons. The summed E-state index contributed by atoms with van der Waals surface area (Å²) in [5.41, 5.74) is 0.760. The normalized spacial score (nSPS) is 20.0. The number of ether oxygens (including phenoxy) is 1. The minimum atomic E-state index is -0.665. The molecular weight excluding hydrogens is 273 g/mol. The Bertz CT molecular complexity index is 492. The second-order valence-corrected chi connectivity index (χ2v) is 5.46. The largest absolute Gasteiger partial charge is 0.465 e. The topological polar surface area (TPSA) is 49.8 Å². The van der Waals surface area contributed by atoms with Crippen molar-refractivity contribution >= 4 is 5.97 Å². The molecule has 1 atom stereocenters. The molecule has 1 heterocycles. The lowest BCUT2D eigenvalue weighted by molar-refractivity contribution is 0.0595. The average molecular weight is 295 g/mol. The van der Waals surface area contributed by atoms with Gasteiger partial charge < -0.3 is 9.84 Å². The van der Waals surface area contributed by atoms with E-state index in [9.17, 15) is 14.3 Å². The number of aliphatic hydroxyl groups is 1. The van der Waals surface area contributed by atoms with Crippen LogP contribution in [0.25, 0.3) is 0 Å². The van der Waals surface area contributed by atoms with Crippen molar-refractivity contribution in [2.75, 3.05) is 20.3 Å². The lowest BCUT2D eigenvalue weighted by Gasteiger charge is -2.28. The van der Waals surface area contributed by atoms with Gasteiger partial charge in [0.1, 0.15) is 5.82 Å². The molecule has 5 heteroatoms. The van der Waals surface area contributed by atoms with E-state index in [1.807, 2.05) is 0 Å². The van der Waals surface area contributed by atoms with Crippen LogP contribution in [-0.4, -0.2) is 42.3 Å². The van der Waals surface area contributed by atoms with E-state index in [0.29, 0.717) is 6.54 Å². The molecule has 2 rings (SSSR count). The number of carbonyl (C=O) groups is 1. The molecule has 1 unspecified atom stereocenters. The van der Waals surface area contributed by atoms with Gasteiger partial charge in [0.2, 0.25) is 0 Å². The highest BCUT2D eigenvalue weighted by Gasteiger charge is 2.21. The van der Waals surface area contributed by atoms with E-state index in [-0.39, 0.29) is 18.2 Å². The summed E-state index contributed by atoms with van der Waals surface area (Å²) in [6.45, 7) is 1.62. The first kappa shape index (κ1) is 15.9. The van der Waals surface area contributed by atoms with Crippen molar-refractivity contribution in [2.45, 2.75) is 38.3 Å². The van der Waals surface area contributed by atoms with Crippen molar-refractivity contribution in [3.63, 3.8) is 0 Å². The Kier molecular flexibility index (Phi) is 5.70. The zero-order chi connectivity index (χ0) is 15.2. The van der Waals surface area contributed by atoms with Gasteiger partial charge in [-0.1, -0.05) is 18.9 Å². The maximum absolute atomic E-state index is 13.9. The summed E-state index contributed by atoms with van der Waals surface area (Å²) in [5, 5.41) is 9.49. The molecule has 0 radical (unpaired) electrons. The molecule has 21 heavy (non-hydrogen) atoms. The van der Waals surface area contributed by atoms with E-state index in [0.717, 1.165) is 31.4 Å². The van der Waals surface area contributed by atoms with Gasteiger partial charge in [-0.25, -0.2) is 9.18 Å². The fourth-order valence-corrected chi connectivity index (χ4v) is 2.82. The van der Waals surface area contributed by atoms with Crippen molar-refractivity contribution in [1.82, 2.24) is 4.90 Å². The number of rotatable bonds is 4. The van der Waals surface area contributed by atoms with E-state index >= 15 is 0 Å². The number of methoxy groups -OCH3 is 1. The van der Waals surface area contributed by atoms with E-state index in [1.54, 1.807) is 6.07 Å². The second kappa shape index (κ2) is 7.52. The SMILES string of the molecule is COC(=O)c1ccc(CN2CCCCCC2CO)cc1F. The highest BCUT2D eigenvalue weighted by molar-refractivity contribution is 5.89. The molecular formula is C16H22FNO3. The van der Waals surface area contributed by atoms with E-state index in [1.165, 1.54) is 25.7 Å². The molecule has 0 saturated carbocycles. The van der Waals surface area contributed by atoms with Gasteiger partial charge in [0, 0.05) is 12.6 Å². The Morgan fingerprint density at radius 1 is 1.43 bits per heavy atom. The summed E-state index contributed by atoms with van der Waals surface area (Å²) in [5.74, 6) is -1.23. The van der Waals surface area contributed by atoms with Crippen LogP contribution in [0.4, 0.5) is 4.39 Å². The first-order chi connectivity index (χ1) is 10.2. The fourth-order valence-electron chi connectivity index (χ4n) is 2.82. The van der Waals surface area contributed by atoms with Crippen LogP contribution in [0.15, 0.2) is 18.2 Å². The number of hydrogen-bond acceptors (Lipinski definition) is 4. The minimum Gasteiger partial charge on any atom is -0.465 e. The van der Waals surface area contributed by atoms with Crippen LogP contribution in [0.1, 0.15) is 41.6 Å². The summed E-state index contributed by atoms with van der Waals surface area (Å²) < 4.78 is 18.5. The number of likely N-dealkylation sites (tertiary alicyclic amines) is 1. The Morgan fingerprint density at radius 3 is 2.90 bits per heavy atom. The number of carbonyl (C=O) groups excluding carboxylic acids is 1. The predicted octanol–water partition coefficient (Wildman–Crippen LogP) is 2.35. The molecule has 1 aliphatic heterocycles. The van der Waals surface area contributed by atoms with Crippen LogP contribution in [0, 0.1) is 5.82 Å². The smallest absolute Gasteiger partial charge is 0.340 e. The van der Waals surface area contributed by atoms with Gasteiger partial charge in [0.15, 0.2) is 0 Å². The van der Waals surface area contributed by atoms with Crippen molar-refractivity contribution in [2.24, 2.45) is 0 Å². The lowest BCUT2D eigenvalue weighted by Crippen LogP contribution is -2.36. The van der Waals surface area contributed by atoms with Crippen LogP contribution >= 0.6 is 0 Å². The predicted molar refractivity (Wildman–Crippen MR) is 77.5 cm³/mol. The number of benzene rings is 1. The summed E-state index contributed by atoms with van der Waals surface area (Å²) in [6, 6.07) is 4.72. The summed E-state index contributed by atoms with van der Waals surface area (Å²) >= 11 is 0. The first-order valence-corrected chi connectivity index (χ1v) is 7.37. The Hall–Kier alpha value is -1.46. The molecule has 1 aromatic rings. The van der Waals surface area contributed by atoms with Crippen molar-refractivity contribution < 1.29 is 19.0 Å². The number of esters is 1. The van der Waals surface area contributed by atoms with Gasteiger partial charge >= 0.3 is 5.97 Å². The monoisotopic (exact) mass is 295 g/mol. The molecule has 1 N–H and O–H groups in total. The highest BCUT2D eigenvalue weighted by Crippen LogP contribution is 2.20. The summed E-state index contributed by atoms with van der Waals surface area (Å²) in [4.78, 5) is 13.6. The molecule has 0 spiro atoms. The zero-order valence-electron chi connectivity index (χ0n) is 12.3. The quantitative estimate of drug-likeness (QED) is 0.866. The molecule has 1 aromatic carbocycles. The lowest BCUT2D eigenvalue weighted by atomic mass is 10.1. The van der Waals surface area contributed by atoms with Gasteiger partial charge in [-0.05, 0) is 37.1 Å². The number of nitrogens with zero attached hydrogens (tertiary/aromatic N) is 1. The molecule has 1 aliphatic rings. The Balaban J connectivity index is 2.11. The first-order valence-electron chi connectivity index (χ1n) is 7.37. The third kappa shape index (κ3) is 4.02. The second-order valence-electron chi connectivity index (χ2n) is 5.46. The standard InChI is InChI=1S/C16H22FNO3/c1-21-16(20)14-7-6-12(9-15(14)17)10-18-8-4-2-3-5-13(18)11-19/h6-7,9,13,19H,2-5,8,10-11H2,1H3. The molecule has 0 amide bonds. The number of aliphatic hydroxyl groups excluding tert-OH is 1. The van der Waals surface area contributed by atoms with Gasteiger partial charge in [0.25, 0.3) is 0 Å². The highest BCUT2D eigenvalue weighted by atomic mass is 19.1. The van der Waals surface area contributed by atoms with Gasteiger partial charge in [-0.15, -0.1) is 0 Å². The molecule has 1 saturated heterocycles. The molecule has 4 nitrogen and oxygen atoms in total. The number of hydrogen-bond donors (Lipinski definition) is 1. The maximum Gasteiger partial charge on any atom is 0.340 e. The third-order valence-electron chi connectivity index (χ3n) is 4.03. The van der Waals surface area contributed by atoms with Crippen molar-refractivity contribution in [1.29, 1.82) is 0 Å². The van der Waals surface area contributed by atoms with E-state index in [2.05, 4.69) is 9.64 Å². The van der Waals surface area contributed by atoms with Gasteiger partial charge in [-0.2, -0.15) is 0 Å². The maximum atomic E-state index is 13.9. The van der Waals surface area contributed by atoms with Crippen LogP contribution in [0.2, 0.25) is 0 Å². The van der Waals surface area contributed by atoms with Gasteiger partial charge in [0.05, 0.1) is 19.3 Å². The van der Waals surface area contributed by atoms with Gasteiger partial charge in [-0.3, -0.25) is 4.90 Å². The Labute approximate surface area is 124 Å². The Morgan fingerprint density at radius 2 is 2.24 bits per heavy atom. The molecule has 0 aromatic heterocycles. The van der Waals surface area contributed by atoms with Crippen molar-refractivity contribution in [3.05, 3.63) is 35.1 Å². The molecule has 1 fully saturated rings. The fraction of sp³-hybridized carbons (Fsp3) is 0.562. The van der Waals surface area contributed by atoms with E-state index in [4.69, 9.17) is 0 Å². The van der Waals surface area contributed by atoms with Crippen LogP contribution in [0.5, 0.6) is 0 Å².